The Hall–Kier alpha value is -0.140. The van der Waals surface area contributed by atoms with Gasteiger partial charge in [0.2, 0.25) is 0 Å². The van der Waals surface area contributed by atoms with Gasteiger partial charge in [-0.1, -0.05) is 6.92 Å². The van der Waals surface area contributed by atoms with Crippen LogP contribution >= 0.6 is 23.7 Å². The molecule has 1 aliphatic heterocycles. The lowest BCUT2D eigenvalue weighted by Gasteiger charge is -2.28. The molecule has 0 atom stereocenters. The number of thiophene rings is 1. The monoisotopic (exact) mass is 310 g/mol. The van der Waals surface area contributed by atoms with Gasteiger partial charge in [-0.2, -0.15) is 4.31 Å². The first kappa shape index (κ1) is 15.9. The summed E-state index contributed by atoms with van der Waals surface area (Å²) < 4.78 is 26.7. The summed E-state index contributed by atoms with van der Waals surface area (Å²) in [5, 5.41) is 0. The van der Waals surface area contributed by atoms with E-state index >= 15 is 0 Å². The summed E-state index contributed by atoms with van der Waals surface area (Å²) in [6.45, 7) is 3.12. The molecule has 104 valence electrons. The van der Waals surface area contributed by atoms with Crippen molar-refractivity contribution in [1.82, 2.24) is 4.31 Å². The van der Waals surface area contributed by atoms with E-state index in [0.29, 0.717) is 17.3 Å². The van der Waals surface area contributed by atoms with Gasteiger partial charge in [0.15, 0.2) is 0 Å². The Morgan fingerprint density at radius 1 is 1.39 bits per heavy atom. The van der Waals surface area contributed by atoms with Gasteiger partial charge in [0.1, 0.15) is 4.21 Å². The molecule has 0 aliphatic carbocycles. The first-order chi connectivity index (χ1) is 8.04. The normalized spacial score (nSPS) is 18.6. The van der Waals surface area contributed by atoms with E-state index in [0.717, 1.165) is 24.1 Å². The molecule has 1 aromatic heterocycles. The standard InChI is InChI=1S/C11H18N2O2S2.ClH/c1-2-10-3-4-11(16-10)17(14,15)13-7-5-9(12)6-8-13;/h3-4,9H,2,5-8,12H2,1H3;1H. The number of nitrogens with zero attached hydrogens (tertiary/aromatic N) is 1. The molecule has 0 bridgehead atoms. The summed E-state index contributed by atoms with van der Waals surface area (Å²) in [7, 11) is -3.28. The van der Waals surface area contributed by atoms with Gasteiger partial charge in [-0.05, 0) is 31.4 Å². The van der Waals surface area contributed by atoms with E-state index in [1.165, 1.54) is 11.3 Å². The SMILES string of the molecule is CCc1ccc(S(=O)(=O)N2CCC(N)CC2)s1.Cl. The number of rotatable bonds is 3. The molecule has 7 heteroatoms. The Labute approximate surface area is 119 Å². The van der Waals surface area contributed by atoms with Crippen molar-refractivity contribution in [3.05, 3.63) is 17.0 Å². The highest BCUT2D eigenvalue weighted by atomic mass is 35.5. The van der Waals surface area contributed by atoms with Crippen molar-refractivity contribution in [2.45, 2.75) is 36.4 Å². The maximum Gasteiger partial charge on any atom is 0.252 e. The minimum absolute atomic E-state index is 0. The molecule has 1 aromatic rings. The van der Waals surface area contributed by atoms with Crippen LogP contribution in [0.4, 0.5) is 0 Å². The van der Waals surface area contributed by atoms with E-state index in [1.807, 2.05) is 13.0 Å². The van der Waals surface area contributed by atoms with Crippen LogP contribution in [0.2, 0.25) is 0 Å². The van der Waals surface area contributed by atoms with Gasteiger partial charge >= 0.3 is 0 Å². The van der Waals surface area contributed by atoms with Gasteiger partial charge in [-0.15, -0.1) is 23.7 Å². The second-order valence-electron chi connectivity index (χ2n) is 4.32. The summed E-state index contributed by atoms with van der Waals surface area (Å²) in [5.74, 6) is 0. The van der Waals surface area contributed by atoms with Crippen LogP contribution < -0.4 is 5.73 Å². The van der Waals surface area contributed by atoms with Crippen molar-refractivity contribution >= 4 is 33.8 Å². The fourth-order valence-corrected chi connectivity index (χ4v) is 4.85. The van der Waals surface area contributed by atoms with Crippen molar-refractivity contribution in [3.8, 4) is 0 Å². The number of aryl methyl sites for hydroxylation is 1. The molecule has 0 spiro atoms. The van der Waals surface area contributed by atoms with Gasteiger partial charge in [-0.3, -0.25) is 0 Å². The smallest absolute Gasteiger partial charge is 0.252 e. The number of halogens is 1. The molecule has 0 unspecified atom stereocenters. The van der Waals surface area contributed by atoms with Crippen LogP contribution in [0.15, 0.2) is 16.3 Å². The Kier molecular flexibility index (Phi) is 5.61. The van der Waals surface area contributed by atoms with E-state index in [4.69, 9.17) is 5.73 Å². The average molecular weight is 311 g/mol. The van der Waals surface area contributed by atoms with E-state index in [-0.39, 0.29) is 18.4 Å². The molecular formula is C11H19ClN2O2S2. The van der Waals surface area contributed by atoms with Gasteiger partial charge in [-0.25, -0.2) is 8.42 Å². The zero-order valence-electron chi connectivity index (χ0n) is 10.3. The zero-order chi connectivity index (χ0) is 12.5. The Bertz CT molecular complexity index is 479. The quantitative estimate of drug-likeness (QED) is 0.926. The van der Waals surface area contributed by atoms with Gasteiger partial charge < -0.3 is 5.73 Å². The number of hydrogen-bond donors (Lipinski definition) is 1. The maximum atomic E-state index is 12.3. The lowest BCUT2D eigenvalue weighted by molar-refractivity contribution is 0.320. The van der Waals surface area contributed by atoms with Crippen molar-refractivity contribution < 1.29 is 8.42 Å². The summed E-state index contributed by atoms with van der Waals surface area (Å²) in [6.07, 6.45) is 2.39. The van der Waals surface area contributed by atoms with E-state index in [9.17, 15) is 8.42 Å². The van der Waals surface area contributed by atoms with Crippen LogP contribution in [0.3, 0.4) is 0 Å². The van der Waals surface area contributed by atoms with Crippen LogP contribution in [0.25, 0.3) is 0 Å². The summed E-state index contributed by atoms with van der Waals surface area (Å²) in [4.78, 5) is 1.11. The molecule has 1 aliphatic rings. The second kappa shape index (κ2) is 6.34. The third-order valence-corrected chi connectivity index (χ3v) is 6.67. The Balaban J connectivity index is 0.00000162. The summed E-state index contributed by atoms with van der Waals surface area (Å²) >= 11 is 1.37. The van der Waals surface area contributed by atoms with Crippen molar-refractivity contribution in [2.24, 2.45) is 5.73 Å². The fraction of sp³-hybridized carbons (Fsp3) is 0.636. The molecule has 0 radical (unpaired) electrons. The third-order valence-electron chi connectivity index (χ3n) is 3.08. The second-order valence-corrected chi connectivity index (χ2v) is 7.65. The van der Waals surface area contributed by atoms with E-state index in [2.05, 4.69) is 0 Å². The molecule has 18 heavy (non-hydrogen) atoms. The van der Waals surface area contributed by atoms with Crippen LogP contribution in [0.1, 0.15) is 24.6 Å². The van der Waals surface area contributed by atoms with E-state index in [1.54, 1.807) is 10.4 Å². The van der Waals surface area contributed by atoms with Gasteiger partial charge in [0, 0.05) is 24.0 Å². The van der Waals surface area contributed by atoms with Crippen LogP contribution in [-0.4, -0.2) is 31.9 Å². The predicted octanol–water partition coefficient (Wildman–Crippen LogP) is 1.84. The maximum absolute atomic E-state index is 12.3. The number of nitrogens with two attached hydrogens (primary N) is 1. The highest BCUT2D eigenvalue weighted by Crippen LogP contribution is 2.26. The minimum atomic E-state index is -3.28. The van der Waals surface area contributed by atoms with Gasteiger partial charge in [0.25, 0.3) is 10.0 Å². The van der Waals surface area contributed by atoms with Gasteiger partial charge in [0.05, 0.1) is 0 Å². The van der Waals surface area contributed by atoms with Crippen LogP contribution in [0.5, 0.6) is 0 Å². The summed E-state index contributed by atoms with van der Waals surface area (Å²) in [6, 6.07) is 3.76. The lowest BCUT2D eigenvalue weighted by Crippen LogP contribution is -2.42. The fourth-order valence-electron chi connectivity index (χ4n) is 1.93. The van der Waals surface area contributed by atoms with Crippen LogP contribution in [0, 0.1) is 0 Å². The van der Waals surface area contributed by atoms with Crippen molar-refractivity contribution in [3.63, 3.8) is 0 Å². The number of hydrogen-bond acceptors (Lipinski definition) is 4. The molecule has 2 heterocycles. The molecular weight excluding hydrogens is 292 g/mol. The molecule has 0 amide bonds. The number of sulfonamides is 1. The van der Waals surface area contributed by atoms with E-state index < -0.39 is 10.0 Å². The molecule has 1 saturated heterocycles. The van der Waals surface area contributed by atoms with Crippen LogP contribution in [-0.2, 0) is 16.4 Å². The molecule has 4 nitrogen and oxygen atoms in total. The first-order valence-electron chi connectivity index (χ1n) is 5.88. The first-order valence-corrected chi connectivity index (χ1v) is 8.14. The molecule has 2 N–H and O–H groups in total. The lowest BCUT2D eigenvalue weighted by atomic mass is 10.1. The predicted molar refractivity (Wildman–Crippen MR) is 76.9 cm³/mol. The molecule has 0 saturated carbocycles. The molecule has 1 fully saturated rings. The third kappa shape index (κ3) is 3.24. The largest absolute Gasteiger partial charge is 0.328 e. The zero-order valence-corrected chi connectivity index (χ0v) is 12.8. The Morgan fingerprint density at radius 3 is 2.50 bits per heavy atom. The Morgan fingerprint density at radius 2 is 2.00 bits per heavy atom. The number of piperidine rings is 1. The highest BCUT2D eigenvalue weighted by molar-refractivity contribution is 7.91. The molecule has 0 aromatic carbocycles. The minimum Gasteiger partial charge on any atom is -0.328 e. The summed E-state index contributed by atoms with van der Waals surface area (Å²) in [5.41, 5.74) is 5.79. The average Bonchev–Trinajstić information content (AvgIpc) is 2.78. The van der Waals surface area contributed by atoms with Crippen molar-refractivity contribution in [2.75, 3.05) is 13.1 Å². The highest BCUT2D eigenvalue weighted by Gasteiger charge is 2.29. The molecule has 2 rings (SSSR count). The topological polar surface area (TPSA) is 63.4 Å². The van der Waals surface area contributed by atoms with Crippen molar-refractivity contribution in [1.29, 1.82) is 0 Å².